The van der Waals surface area contributed by atoms with Gasteiger partial charge in [-0.1, -0.05) is 12.1 Å². The topological polar surface area (TPSA) is 81.6 Å². The molecular formula is C15H19N5O2. The van der Waals surface area contributed by atoms with Crippen molar-refractivity contribution in [3.63, 3.8) is 0 Å². The SMILES string of the molecule is CN(C)c1nc(N2CCC(NC(=O)O)C2)nc2ccccc12. The number of carboxylic acid groups (broad SMARTS) is 1. The Morgan fingerprint density at radius 1 is 1.36 bits per heavy atom. The first-order chi connectivity index (χ1) is 10.5. The molecule has 0 spiro atoms. The number of nitrogens with one attached hydrogen (secondary N) is 1. The Morgan fingerprint density at radius 2 is 2.14 bits per heavy atom. The highest BCUT2D eigenvalue weighted by Gasteiger charge is 2.26. The summed E-state index contributed by atoms with van der Waals surface area (Å²) in [4.78, 5) is 24.0. The minimum atomic E-state index is -0.986. The molecule has 0 radical (unpaired) electrons. The third-order valence-electron chi connectivity index (χ3n) is 3.79. The summed E-state index contributed by atoms with van der Waals surface area (Å²) in [5.41, 5.74) is 0.894. The van der Waals surface area contributed by atoms with Crippen molar-refractivity contribution in [2.45, 2.75) is 12.5 Å². The third-order valence-corrected chi connectivity index (χ3v) is 3.79. The molecule has 2 N–H and O–H groups in total. The number of benzene rings is 1. The van der Waals surface area contributed by atoms with E-state index in [0.29, 0.717) is 12.5 Å². The maximum Gasteiger partial charge on any atom is 0.404 e. The van der Waals surface area contributed by atoms with Gasteiger partial charge in [0.25, 0.3) is 0 Å². The maximum atomic E-state index is 10.7. The molecule has 0 saturated carbocycles. The van der Waals surface area contributed by atoms with Gasteiger partial charge >= 0.3 is 6.09 Å². The van der Waals surface area contributed by atoms with E-state index in [0.717, 1.165) is 29.7 Å². The summed E-state index contributed by atoms with van der Waals surface area (Å²) in [7, 11) is 3.91. The van der Waals surface area contributed by atoms with Crippen LogP contribution in [0.25, 0.3) is 10.9 Å². The first-order valence-corrected chi connectivity index (χ1v) is 7.23. The largest absolute Gasteiger partial charge is 0.465 e. The minimum Gasteiger partial charge on any atom is -0.465 e. The Morgan fingerprint density at radius 3 is 2.86 bits per heavy atom. The zero-order chi connectivity index (χ0) is 15.7. The number of amides is 1. The van der Waals surface area contributed by atoms with Gasteiger partial charge in [0.05, 0.1) is 11.6 Å². The number of anilines is 2. The van der Waals surface area contributed by atoms with Crippen LogP contribution in [0.1, 0.15) is 6.42 Å². The van der Waals surface area contributed by atoms with Crippen LogP contribution in [0.4, 0.5) is 16.6 Å². The summed E-state index contributed by atoms with van der Waals surface area (Å²) < 4.78 is 0. The molecule has 2 aromatic rings. The first-order valence-electron chi connectivity index (χ1n) is 7.23. The molecule has 7 heteroatoms. The molecular weight excluding hydrogens is 282 g/mol. The maximum absolute atomic E-state index is 10.7. The molecule has 1 aromatic carbocycles. The average molecular weight is 301 g/mol. The van der Waals surface area contributed by atoms with Crippen molar-refractivity contribution in [1.29, 1.82) is 0 Å². The summed E-state index contributed by atoms with van der Waals surface area (Å²) in [6, 6.07) is 7.83. The van der Waals surface area contributed by atoms with Gasteiger partial charge in [0.15, 0.2) is 0 Å². The molecule has 1 aliphatic rings. The number of aromatic nitrogens is 2. The molecule has 7 nitrogen and oxygen atoms in total. The number of para-hydroxylation sites is 1. The standard InChI is InChI=1S/C15H19N5O2/c1-19(2)13-11-5-3-4-6-12(11)17-14(18-13)20-8-7-10(9-20)16-15(21)22/h3-6,10,16H,7-9H2,1-2H3,(H,21,22). The number of fused-ring (bicyclic) bond motifs is 1. The van der Waals surface area contributed by atoms with Crippen LogP contribution in [-0.4, -0.2) is 54.4 Å². The molecule has 1 fully saturated rings. The van der Waals surface area contributed by atoms with Crippen LogP contribution in [0.5, 0.6) is 0 Å². The van der Waals surface area contributed by atoms with Gasteiger partial charge < -0.3 is 20.2 Å². The van der Waals surface area contributed by atoms with Gasteiger partial charge in [-0.25, -0.2) is 9.78 Å². The highest BCUT2D eigenvalue weighted by molar-refractivity contribution is 5.90. The number of carbonyl (C=O) groups is 1. The predicted octanol–water partition coefficient (Wildman–Crippen LogP) is 1.54. The summed E-state index contributed by atoms with van der Waals surface area (Å²) >= 11 is 0. The van der Waals surface area contributed by atoms with E-state index in [1.165, 1.54) is 0 Å². The summed E-state index contributed by atoms with van der Waals surface area (Å²) in [5.74, 6) is 1.52. The second-order valence-corrected chi connectivity index (χ2v) is 5.64. The Labute approximate surface area is 128 Å². The number of rotatable bonds is 3. The zero-order valence-corrected chi connectivity index (χ0v) is 12.7. The molecule has 116 valence electrons. The minimum absolute atomic E-state index is 0.0737. The monoisotopic (exact) mass is 301 g/mol. The van der Waals surface area contributed by atoms with E-state index in [-0.39, 0.29) is 6.04 Å². The molecule has 22 heavy (non-hydrogen) atoms. The number of hydrogen-bond donors (Lipinski definition) is 2. The normalized spacial score (nSPS) is 17.7. The Kier molecular flexibility index (Phi) is 3.70. The van der Waals surface area contributed by atoms with Crippen LogP contribution in [0.2, 0.25) is 0 Å². The van der Waals surface area contributed by atoms with E-state index < -0.39 is 6.09 Å². The molecule has 0 bridgehead atoms. The molecule has 2 heterocycles. The van der Waals surface area contributed by atoms with Crippen LogP contribution in [0.15, 0.2) is 24.3 Å². The molecule has 1 amide bonds. The Bertz CT molecular complexity index is 703. The molecule has 0 aliphatic carbocycles. The van der Waals surface area contributed by atoms with E-state index in [1.807, 2.05) is 48.2 Å². The summed E-state index contributed by atoms with van der Waals surface area (Å²) in [6.07, 6.45) is -0.222. The van der Waals surface area contributed by atoms with Crippen molar-refractivity contribution >= 4 is 28.8 Å². The van der Waals surface area contributed by atoms with Gasteiger partial charge in [0.2, 0.25) is 5.95 Å². The van der Waals surface area contributed by atoms with E-state index >= 15 is 0 Å². The molecule has 1 aliphatic heterocycles. The highest BCUT2D eigenvalue weighted by atomic mass is 16.4. The van der Waals surface area contributed by atoms with Gasteiger partial charge in [-0.15, -0.1) is 0 Å². The molecule has 1 aromatic heterocycles. The van der Waals surface area contributed by atoms with E-state index in [4.69, 9.17) is 5.11 Å². The smallest absolute Gasteiger partial charge is 0.404 e. The van der Waals surface area contributed by atoms with Gasteiger partial charge in [0.1, 0.15) is 5.82 Å². The van der Waals surface area contributed by atoms with Gasteiger partial charge in [-0.05, 0) is 18.6 Å². The highest BCUT2D eigenvalue weighted by Crippen LogP contribution is 2.26. The molecule has 1 atom stereocenters. The van der Waals surface area contributed by atoms with E-state index in [2.05, 4.69) is 15.3 Å². The van der Waals surface area contributed by atoms with Crippen molar-refractivity contribution < 1.29 is 9.90 Å². The molecule has 1 unspecified atom stereocenters. The molecule has 1 saturated heterocycles. The summed E-state index contributed by atoms with van der Waals surface area (Å²) in [6.45, 7) is 1.34. The van der Waals surface area contributed by atoms with Crippen molar-refractivity contribution in [3.05, 3.63) is 24.3 Å². The van der Waals surface area contributed by atoms with Crippen LogP contribution < -0.4 is 15.1 Å². The van der Waals surface area contributed by atoms with E-state index in [9.17, 15) is 4.79 Å². The lowest BCUT2D eigenvalue weighted by Gasteiger charge is -2.20. The fourth-order valence-electron chi connectivity index (χ4n) is 2.76. The third kappa shape index (κ3) is 2.74. The number of hydrogen-bond acceptors (Lipinski definition) is 5. The van der Waals surface area contributed by atoms with Crippen molar-refractivity contribution in [2.24, 2.45) is 0 Å². The summed E-state index contributed by atoms with van der Waals surface area (Å²) in [5, 5.41) is 12.4. The van der Waals surface area contributed by atoms with Crippen molar-refractivity contribution in [1.82, 2.24) is 15.3 Å². The lowest BCUT2D eigenvalue weighted by molar-refractivity contribution is 0.191. The fourth-order valence-corrected chi connectivity index (χ4v) is 2.76. The fraction of sp³-hybridized carbons (Fsp3) is 0.400. The Hall–Kier alpha value is -2.57. The van der Waals surface area contributed by atoms with Gasteiger partial charge in [-0.3, -0.25) is 0 Å². The van der Waals surface area contributed by atoms with Crippen molar-refractivity contribution in [2.75, 3.05) is 37.0 Å². The second kappa shape index (κ2) is 5.67. The van der Waals surface area contributed by atoms with Gasteiger partial charge in [0, 0.05) is 32.6 Å². The zero-order valence-electron chi connectivity index (χ0n) is 12.7. The molecule has 3 rings (SSSR count). The van der Waals surface area contributed by atoms with Crippen LogP contribution in [-0.2, 0) is 0 Å². The van der Waals surface area contributed by atoms with Crippen LogP contribution >= 0.6 is 0 Å². The average Bonchev–Trinajstić information content (AvgIpc) is 2.93. The number of nitrogens with zero attached hydrogens (tertiary/aromatic N) is 4. The van der Waals surface area contributed by atoms with Gasteiger partial charge in [-0.2, -0.15) is 4.98 Å². The van der Waals surface area contributed by atoms with Crippen LogP contribution in [0.3, 0.4) is 0 Å². The quantitative estimate of drug-likeness (QED) is 0.895. The van der Waals surface area contributed by atoms with Crippen molar-refractivity contribution in [3.8, 4) is 0 Å². The second-order valence-electron chi connectivity index (χ2n) is 5.64. The predicted molar refractivity (Wildman–Crippen MR) is 85.6 cm³/mol. The van der Waals surface area contributed by atoms with E-state index in [1.54, 1.807) is 0 Å². The first kappa shape index (κ1) is 14.4. The lowest BCUT2D eigenvalue weighted by Crippen LogP contribution is -2.36. The lowest BCUT2D eigenvalue weighted by atomic mass is 10.2. The Balaban J connectivity index is 1.93. The van der Waals surface area contributed by atoms with Crippen LogP contribution in [0, 0.1) is 0 Å².